The number of hydrogen-bond donors (Lipinski definition) is 2. The number of likely N-dealkylation sites (N-methyl/N-ethyl adjacent to an activating group) is 1. The standard InChI is InChI=1S/C20H28N4O2/c1-3-23(4-2)12-10-21-13-19(25)24-11-9-16-15-7-5-6-8-17(15)20(26)22-18(16)14-24/h5-8,21H,3-4,9-14H2,1-2H3,(H,22,26). The number of fused-ring (bicyclic) bond motifs is 3. The molecule has 0 spiro atoms. The summed E-state index contributed by atoms with van der Waals surface area (Å²) in [6, 6.07) is 7.69. The maximum atomic E-state index is 12.5. The Morgan fingerprint density at radius 2 is 1.96 bits per heavy atom. The molecule has 0 aliphatic carbocycles. The molecule has 2 heterocycles. The van der Waals surface area contributed by atoms with Crippen LogP contribution in [0, 0.1) is 0 Å². The van der Waals surface area contributed by atoms with Crippen LogP contribution >= 0.6 is 0 Å². The predicted molar refractivity (Wildman–Crippen MR) is 104 cm³/mol. The number of benzene rings is 1. The van der Waals surface area contributed by atoms with Crippen molar-refractivity contribution in [3.8, 4) is 0 Å². The largest absolute Gasteiger partial charge is 0.335 e. The van der Waals surface area contributed by atoms with Gasteiger partial charge in [-0.25, -0.2) is 0 Å². The summed E-state index contributed by atoms with van der Waals surface area (Å²) in [7, 11) is 0. The van der Waals surface area contributed by atoms with E-state index in [-0.39, 0.29) is 11.5 Å². The summed E-state index contributed by atoms with van der Waals surface area (Å²) in [5.74, 6) is 0.0872. The third-order valence-electron chi connectivity index (χ3n) is 5.23. The number of amides is 1. The van der Waals surface area contributed by atoms with Crippen LogP contribution in [-0.2, 0) is 17.8 Å². The lowest BCUT2D eigenvalue weighted by molar-refractivity contribution is -0.131. The van der Waals surface area contributed by atoms with E-state index in [2.05, 4.69) is 29.0 Å². The number of aromatic amines is 1. The van der Waals surface area contributed by atoms with Crippen molar-refractivity contribution in [1.29, 1.82) is 0 Å². The molecule has 6 heteroatoms. The number of carbonyl (C=O) groups excluding carboxylic acids is 1. The Bertz CT molecular complexity index is 826. The lowest BCUT2D eigenvalue weighted by Gasteiger charge is -2.29. The molecule has 0 bridgehead atoms. The molecule has 1 aliphatic heterocycles. The Labute approximate surface area is 154 Å². The van der Waals surface area contributed by atoms with Crippen LogP contribution < -0.4 is 10.9 Å². The molecule has 0 saturated carbocycles. The van der Waals surface area contributed by atoms with E-state index in [9.17, 15) is 9.59 Å². The molecular formula is C20H28N4O2. The second-order valence-electron chi connectivity index (χ2n) is 6.73. The molecule has 2 N–H and O–H groups in total. The van der Waals surface area contributed by atoms with E-state index in [1.165, 1.54) is 5.56 Å². The van der Waals surface area contributed by atoms with Crippen LogP contribution in [0.3, 0.4) is 0 Å². The van der Waals surface area contributed by atoms with Crippen molar-refractivity contribution in [3.05, 3.63) is 45.9 Å². The third kappa shape index (κ3) is 3.97. The summed E-state index contributed by atoms with van der Waals surface area (Å²) in [6.45, 7) is 9.60. The van der Waals surface area contributed by atoms with Crippen LogP contribution in [0.1, 0.15) is 25.1 Å². The maximum Gasteiger partial charge on any atom is 0.256 e. The fourth-order valence-corrected chi connectivity index (χ4v) is 3.62. The third-order valence-corrected chi connectivity index (χ3v) is 5.23. The number of nitrogens with one attached hydrogen (secondary N) is 2. The van der Waals surface area contributed by atoms with Gasteiger partial charge >= 0.3 is 0 Å². The average Bonchev–Trinajstić information content (AvgIpc) is 2.68. The van der Waals surface area contributed by atoms with Crippen molar-refractivity contribution >= 4 is 16.7 Å². The highest BCUT2D eigenvalue weighted by molar-refractivity contribution is 5.86. The van der Waals surface area contributed by atoms with Gasteiger partial charge in [0.05, 0.1) is 13.1 Å². The Kier molecular flexibility index (Phi) is 6.06. The Hall–Kier alpha value is -2.18. The first-order valence-electron chi connectivity index (χ1n) is 9.47. The van der Waals surface area contributed by atoms with Gasteiger partial charge in [-0.2, -0.15) is 0 Å². The lowest BCUT2D eigenvalue weighted by Crippen LogP contribution is -2.43. The molecule has 1 aromatic carbocycles. The van der Waals surface area contributed by atoms with Gasteiger partial charge < -0.3 is 20.1 Å². The maximum absolute atomic E-state index is 12.5. The molecule has 0 unspecified atom stereocenters. The summed E-state index contributed by atoms with van der Waals surface area (Å²) < 4.78 is 0. The predicted octanol–water partition coefficient (Wildman–Crippen LogP) is 1.34. The molecule has 3 rings (SSSR count). The molecule has 1 aromatic heterocycles. The second-order valence-corrected chi connectivity index (χ2v) is 6.73. The second kappa shape index (κ2) is 8.47. The van der Waals surface area contributed by atoms with Crippen molar-refractivity contribution in [3.63, 3.8) is 0 Å². The minimum Gasteiger partial charge on any atom is -0.335 e. The fraction of sp³-hybridized carbons (Fsp3) is 0.500. The van der Waals surface area contributed by atoms with E-state index in [4.69, 9.17) is 0 Å². The zero-order valence-electron chi connectivity index (χ0n) is 15.7. The molecule has 6 nitrogen and oxygen atoms in total. The molecule has 0 radical (unpaired) electrons. The normalized spacial score (nSPS) is 14.0. The summed E-state index contributed by atoms with van der Waals surface area (Å²) in [4.78, 5) is 31.9. The Balaban J connectivity index is 1.61. The number of rotatable bonds is 7. The van der Waals surface area contributed by atoms with Crippen LogP contribution in [0.25, 0.3) is 10.8 Å². The van der Waals surface area contributed by atoms with Gasteiger partial charge in [0.15, 0.2) is 0 Å². The minimum atomic E-state index is -0.0778. The Morgan fingerprint density at radius 3 is 2.69 bits per heavy atom. The highest BCUT2D eigenvalue weighted by Gasteiger charge is 2.23. The summed E-state index contributed by atoms with van der Waals surface area (Å²) >= 11 is 0. The first-order chi connectivity index (χ1) is 12.6. The first kappa shape index (κ1) is 18.6. The smallest absolute Gasteiger partial charge is 0.256 e. The lowest BCUT2D eigenvalue weighted by atomic mass is 9.98. The monoisotopic (exact) mass is 356 g/mol. The topological polar surface area (TPSA) is 68.4 Å². The molecule has 2 aromatic rings. The van der Waals surface area contributed by atoms with Gasteiger partial charge in [-0.05, 0) is 36.5 Å². The molecule has 0 saturated heterocycles. The number of pyridine rings is 1. The summed E-state index contributed by atoms with van der Waals surface area (Å²) in [5.41, 5.74) is 1.96. The Morgan fingerprint density at radius 1 is 1.23 bits per heavy atom. The number of carbonyl (C=O) groups is 1. The zero-order chi connectivity index (χ0) is 18.5. The van der Waals surface area contributed by atoms with Crippen molar-refractivity contribution < 1.29 is 4.79 Å². The van der Waals surface area contributed by atoms with Crippen LogP contribution in [0.4, 0.5) is 0 Å². The van der Waals surface area contributed by atoms with E-state index in [0.717, 1.165) is 49.1 Å². The van der Waals surface area contributed by atoms with E-state index >= 15 is 0 Å². The average molecular weight is 356 g/mol. The van der Waals surface area contributed by atoms with Gasteiger partial charge in [0.2, 0.25) is 5.91 Å². The summed E-state index contributed by atoms with van der Waals surface area (Å²) in [6.07, 6.45) is 0.776. The van der Waals surface area contributed by atoms with Crippen molar-refractivity contribution in [2.45, 2.75) is 26.8 Å². The molecule has 0 fully saturated rings. The van der Waals surface area contributed by atoms with Gasteiger partial charge in [0.1, 0.15) is 0 Å². The van der Waals surface area contributed by atoms with Crippen molar-refractivity contribution in [1.82, 2.24) is 20.1 Å². The van der Waals surface area contributed by atoms with E-state index in [0.29, 0.717) is 19.6 Å². The van der Waals surface area contributed by atoms with Gasteiger partial charge in [0.25, 0.3) is 5.56 Å². The van der Waals surface area contributed by atoms with Gasteiger partial charge in [0, 0.05) is 30.7 Å². The zero-order valence-corrected chi connectivity index (χ0v) is 15.7. The number of H-pyrrole nitrogens is 1. The van der Waals surface area contributed by atoms with E-state index in [1.54, 1.807) is 0 Å². The molecule has 0 atom stereocenters. The highest BCUT2D eigenvalue weighted by Crippen LogP contribution is 2.23. The SMILES string of the molecule is CCN(CC)CCNCC(=O)N1CCc2c([nH]c(=O)c3ccccc23)C1. The molecule has 140 valence electrons. The first-order valence-corrected chi connectivity index (χ1v) is 9.47. The highest BCUT2D eigenvalue weighted by atomic mass is 16.2. The van der Waals surface area contributed by atoms with Crippen LogP contribution in [0.2, 0.25) is 0 Å². The fourth-order valence-electron chi connectivity index (χ4n) is 3.62. The van der Waals surface area contributed by atoms with Gasteiger partial charge in [-0.1, -0.05) is 32.0 Å². The van der Waals surface area contributed by atoms with Gasteiger partial charge in [-0.3, -0.25) is 9.59 Å². The molecule has 26 heavy (non-hydrogen) atoms. The molecule has 1 aliphatic rings. The van der Waals surface area contributed by atoms with Crippen molar-refractivity contribution in [2.24, 2.45) is 0 Å². The van der Waals surface area contributed by atoms with E-state index in [1.807, 2.05) is 29.2 Å². The molecular weight excluding hydrogens is 328 g/mol. The number of hydrogen-bond acceptors (Lipinski definition) is 4. The quantitative estimate of drug-likeness (QED) is 0.735. The van der Waals surface area contributed by atoms with Crippen LogP contribution in [-0.4, -0.2) is 60.0 Å². The van der Waals surface area contributed by atoms with Crippen LogP contribution in [0.5, 0.6) is 0 Å². The minimum absolute atomic E-state index is 0.0778. The van der Waals surface area contributed by atoms with Crippen molar-refractivity contribution in [2.75, 3.05) is 39.3 Å². The summed E-state index contributed by atoms with van der Waals surface area (Å²) in [5, 5.41) is 4.98. The number of aromatic nitrogens is 1. The molecule has 1 amide bonds. The van der Waals surface area contributed by atoms with E-state index < -0.39 is 0 Å². The van der Waals surface area contributed by atoms with Gasteiger partial charge in [-0.15, -0.1) is 0 Å². The van der Waals surface area contributed by atoms with Crippen LogP contribution in [0.15, 0.2) is 29.1 Å². The number of nitrogens with zero attached hydrogens (tertiary/aromatic N) is 2.